The number of aldehydes is 1. The van der Waals surface area contributed by atoms with Gasteiger partial charge in [-0.15, -0.1) is 0 Å². The Labute approximate surface area is 98.6 Å². The molecule has 0 aliphatic carbocycles. The molecule has 1 heterocycles. The average molecular weight is 236 g/mol. The molecule has 90 valence electrons. The van der Waals surface area contributed by atoms with Crippen LogP contribution >= 0.6 is 0 Å². The number of halogens is 1. The minimum absolute atomic E-state index is 0.00239. The van der Waals surface area contributed by atoms with Crippen molar-refractivity contribution in [1.82, 2.24) is 4.90 Å². The number of hydrogen-bond donors (Lipinski definition) is 0. The first-order valence-electron chi connectivity index (χ1n) is 5.35. The molecule has 1 aliphatic heterocycles. The highest BCUT2D eigenvalue weighted by Crippen LogP contribution is 2.21. The molecule has 1 aromatic carbocycles. The van der Waals surface area contributed by atoms with Gasteiger partial charge in [0, 0.05) is 31.4 Å². The fourth-order valence-corrected chi connectivity index (χ4v) is 1.87. The molecule has 0 bridgehead atoms. The smallest absolute Gasteiger partial charge is 0.241 e. The predicted octanol–water partition coefficient (Wildman–Crippen LogP) is 0.917. The third-order valence-corrected chi connectivity index (χ3v) is 2.91. The van der Waals surface area contributed by atoms with E-state index in [1.807, 2.05) is 0 Å². The third kappa shape index (κ3) is 2.27. The Hall–Kier alpha value is -1.91. The molecule has 1 fully saturated rings. The van der Waals surface area contributed by atoms with Crippen LogP contribution in [-0.4, -0.2) is 43.8 Å². The first-order chi connectivity index (χ1) is 8.11. The van der Waals surface area contributed by atoms with Crippen LogP contribution in [0.15, 0.2) is 18.2 Å². The van der Waals surface area contributed by atoms with E-state index in [1.54, 1.807) is 16.8 Å². The van der Waals surface area contributed by atoms with E-state index < -0.39 is 5.82 Å². The summed E-state index contributed by atoms with van der Waals surface area (Å²) >= 11 is 0. The molecule has 4 nitrogen and oxygen atoms in total. The second kappa shape index (κ2) is 4.53. The van der Waals surface area contributed by atoms with Gasteiger partial charge in [-0.25, -0.2) is 4.39 Å². The first kappa shape index (κ1) is 11.6. The van der Waals surface area contributed by atoms with Gasteiger partial charge in [0.15, 0.2) is 6.29 Å². The monoisotopic (exact) mass is 236 g/mol. The summed E-state index contributed by atoms with van der Waals surface area (Å²) in [6.07, 6.45) is 0.612. The number of carbonyl (C=O) groups is 2. The zero-order valence-electron chi connectivity index (χ0n) is 9.52. The molecule has 0 N–H and O–H groups in total. The number of likely N-dealkylation sites (N-methyl/N-ethyl adjacent to an activating group) is 1. The van der Waals surface area contributed by atoms with Crippen LogP contribution in [-0.2, 0) is 4.79 Å². The maximum atomic E-state index is 13.0. The van der Waals surface area contributed by atoms with Gasteiger partial charge >= 0.3 is 0 Å². The number of benzene rings is 1. The molecule has 5 heteroatoms. The van der Waals surface area contributed by atoms with Crippen molar-refractivity contribution in [3.05, 3.63) is 29.6 Å². The zero-order valence-corrected chi connectivity index (χ0v) is 9.52. The second-order valence-electron chi connectivity index (χ2n) is 4.06. The minimum atomic E-state index is -0.448. The van der Waals surface area contributed by atoms with E-state index in [2.05, 4.69) is 0 Å². The van der Waals surface area contributed by atoms with Crippen molar-refractivity contribution in [2.75, 3.05) is 31.6 Å². The topological polar surface area (TPSA) is 40.6 Å². The minimum Gasteiger partial charge on any atom is -0.360 e. The van der Waals surface area contributed by atoms with Crippen LogP contribution in [0.25, 0.3) is 0 Å². The Morgan fingerprint density at radius 1 is 1.35 bits per heavy atom. The maximum Gasteiger partial charge on any atom is 0.241 e. The fourth-order valence-electron chi connectivity index (χ4n) is 1.87. The Balaban J connectivity index is 2.28. The largest absolute Gasteiger partial charge is 0.360 e. The van der Waals surface area contributed by atoms with Gasteiger partial charge in [0.05, 0.1) is 6.54 Å². The van der Waals surface area contributed by atoms with E-state index >= 15 is 0 Å². The molecule has 17 heavy (non-hydrogen) atoms. The van der Waals surface area contributed by atoms with E-state index in [0.29, 0.717) is 25.1 Å². The summed E-state index contributed by atoms with van der Waals surface area (Å²) in [5.41, 5.74) is 0.894. The van der Waals surface area contributed by atoms with Gasteiger partial charge in [0.2, 0.25) is 5.91 Å². The average Bonchev–Trinajstić information content (AvgIpc) is 2.32. The molecule has 0 radical (unpaired) electrons. The quantitative estimate of drug-likeness (QED) is 0.717. The van der Waals surface area contributed by atoms with Gasteiger partial charge in [-0.3, -0.25) is 9.59 Å². The van der Waals surface area contributed by atoms with Gasteiger partial charge in [0.25, 0.3) is 0 Å². The Bertz CT molecular complexity index is 462. The summed E-state index contributed by atoms with van der Waals surface area (Å²) in [7, 11) is 1.74. The first-order valence-corrected chi connectivity index (χ1v) is 5.35. The molecule has 0 atom stereocenters. The summed E-state index contributed by atoms with van der Waals surface area (Å²) < 4.78 is 13.0. The van der Waals surface area contributed by atoms with Gasteiger partial charge in [-0.05, 0) is 18.2 Å². The Kier molecular flexibility index (Phi) is 3.08. The molecular weight excluding hydrogens is 223 g/mol. The van der Waals surface area contributed by atoms with Crippen molar-refractivity contribution in [1.29, 1.82) is 0 Å². The highest BCUT2D eigenvalue weighted by molar-refractivity contribution is 5.88. The number of nitrogens with zero attached hydrogens (tertiary/aromatic N) is 2. The van der Waals surface area contributed by atoms with Gasteiger partial charge in [-0.1, -0.05) is 0 Å². The van der Waals surface area contributed by atoms with Crippen LogP contribution in [0.4, 0.5) is 10.1 Å². The molecule has 1 saturated heterocycles. The molecular formula is C12H13FN2O2. The highest BCUT2D eigenvalue weighted by Gasteiger charge is 2.22. The van der Waals surface area contributed by atoms with E-state index in [-0.39, 0.29) is 18.0 Å². The molecule has 1 aliphatic rings. The fraction of sp³-hybridized carbons (Fsp3) is 0.333. The van der Waals surface area contributed by atoms with Crippen LogP contribution in [0.5, 0.6) is 0 Å². The van der Waals surface area contributed by atoms with E-state index in [1.165, 1.54) is 18.2 Å². The molecule has 0 spiro atoms. The molecule has 0 saturated carbocycles. The van der Waals surface area contributed by atoms with Crippen LogP contribution in [0, 0.1) is 5.82 Å². The lowest BCUT2D eigenvalue weighted by Gasteiger charge is -2.34. The number of hydrogen-bond acceptors (Lipinski definition) is 3. The Morgan fingerprint density at radius 3 is 2.76 bits per heavy atom. The SMILES string of the molecule is CN1CCN(c2ccc(F)cc2C=O)CC1=O. The highest BCUT2D eigenvalue weighted by atomic mass is 19.1. The number of anilines is 1. The summed E-state index contributed by atoms with van der Waals surface area (Å²) in [6.45, 7) is 1.48. The van der Waals surface area contributed by atoms with Gasteiger partial charge < -0.3 is 9.80 Å². The zero-order chi connectivity index (χ0) is 12.4. The standard InChI is InChI=1S/C12H13FN2O2/c1-14-4-5-15(7-12(14)17)11-3-2-10(13)6-9(11)8-16/h2-3,6,8H,4-5,7H2,1H3. The second-order valence-corrected chi connectivity index (χ2v) is 4.06. The lowest BCUT2D eigenvalue weighted by Crippen LogP contribution is -2.48. The van der Waals surface area contributed by atoms with Crippen LogP contribution < -0.4 is 4.90 Å². The summed E-state index contributed by atoms with van der Waals surface area (Å²) in [6, 6.07) is 4.02. The summed E-state index contributed by atoms with van der Waals surface area (Å²) in [5, 5.41) is 0. The number of carbonyl (C=O) groups excluding carboxylic acids is 2. The van der Waals surface area contributed by atoms with Crippen LogP contribution in [0.3, 0.4) is 0 Å². The van der Waals surface area contributed by atoms with Crippen molar-refractivity contribution in [3.63, 3.8) is 0 Å². The van der Waals surface area contributed by atoms with Crippen LogP contribution in [0.1, 0.15) is 10.4 Å². The molecule has 2 rings (SSSR count). The van der Waals surface area contributed by atoms with E-state index in [9.17, 15) is 14.0 Å². The van der Waals surface area contributed by atoms with Crippen LogP contribution in [0.2, 0.25) is 0 Å². The summed E-state index contributed by atoms with van der Waals surface area (Å²) in [5.74, 6) is -0.450. The lowest BCUT2D eigenvalue weighted by atomic mass is 10.1. The number of amides is 1. The molecule has 1 aromatic rings. The van der Waals surface area contributed by atoms with Crippen molar-refractivity contribution >= 4 is 17.9 Å². The van der Waals surface area contributed by atoms with Crippen molar-refractivity contribution < 1.29 is 14.0 Å². The molecule has 0 aromatic heterocycles. The predicted molar refractivity (Wildman–Crippen MR) is 61.6 cm³/mol. The van der Waals surface area contributed by atoms with Crippen molar-refractivity contribution in [2.24, 2.45) is 0 Å². The normalized spacial score (nSPS) is 16.2. The third-order valence-electron chi connectivity index (χ3n) is 2.91. The number of piperazine rings is 1. The molecule has 0 unspecified atom stereocenters. The molecule has 1 amide bonds. The maximum absolute atomic E-state index is 13.0. The van der Waals surface area contributed by atoms with E-state index in [0.717, 1.165) is 0 Å². The van der Waals surface area contributed by atoms with Crippen molar-refractivity contribution in [3.8, 4) is 0 Å². The number of rotatable bonds is 2. The van der Waals surface area contributed by atoms with E-state index in [4.69, 9.17) is 0 Å². The van der Waals surface area contributed by atoms with Gasteiger partial charge in [0.1, 0.15) is 5.82 Å². The summed E-state index contributed by atoms with van der Waals surface area (Å²) in [4.78, 5) is 25.9. The Morgan fingerprint density at radius 2 is 2.12 bits per heavy atom. The lowest BCUT2D eigenvalue weighted by molar-refractivity contribution is -0.129. The van der Waals surface area contributed by atoms with Gasteiger partial charge in [-0.2, -0.15) is 0 Å². The van der Waals surface area contributed by atoms with Crippen molar-refractivity contribution in [2.45, 2.75) is 0 Å².